The number of nitro benzene ring substituents is 1. The van der Waals surface area contributed by atoms with Gasteiger partial charge in [-0.25, -0.2) is 5.84 Å². The Morgan fingerprint density at radius 2 is 2.21 bits per heavy atom. The number of halogens is 1. The highest BCUT2D eigenvalue weighted by Crippen LogP contribution is 2.18. The van der Waals surface area contributed by atoms with Crippen LogP contribution >= 0.6 is 17.0 Å². The molecule has 0 heterocycles. The average Bonchev–Trinajstić information content (AvgIpc) is 2.17. The highest BCUT2D eigenvalue weighted by molar-refractivity contribution is 8.93. The van der Waals surface area contributed by atoms with Crippen LogP contribution in [0.3, 0.4) is 0 Å². The van der Waals surface area contributed by atoms with Crippen LogP contribution in [0.2, 0.25) is 0 Å². The Balaban J connectivity index is 0.00000169. The average molecular weight is 264 g/mol. The van der Waals surface area contributed by atoms with Crippen molar-refractivity contribution in [3.8, 4) is 0 Å². The summed E-state index contributed by atoms with van der Waals surface area (Å²) in [7, 11) is 1.37. The zero-order valence-electron chi connectivity index (χ0n) is 7.41. The smallest absolute Gasteiger partial charge is 0.261 e. The SMILES string of the molecule is Br.CON(N)c1cccc([N+](=O)[O-])c1. The van der Waals surface area contributed by atoms with Crippen LogP contribution in [0, 0.1) is 10.1 Å². The first-order valence-electron chi connectivity index (χ1n) is 3.48. The summed E-state index contributed by atoms with van der Waals surface area (Å²) >= 11 is 0. The van der Waals surface area contributed by atoms with Gasteiger partial charge >= 0.3 is 0 Å². The number of anilines is 1. The molecule has 1 aromatic carbocycles. The third-order valence-electron chi connectivity index (χ3n) is 1.49. The molecule has 0 atom stereocenters. The van der Waals surface area contributed by atoms with Crippen molar-refractivity contribution in [1.29, 1.82) is 0 Å². The first kappa shape index (κ1) is 12.8. The van der Waals surface area contributed by atoms with E-state index in [4.69, 9.17) is 5.84 Å². The van der Waals surface area contributed by atoms with Crippen LogP contribution in [-0.4, -0.2) is 12.0 Å². The standard InChI is InChI=1S/C7H9N3O3.BrH/c1-13-9(8)6-3-2-4-7(5-6)10(11)12;/h2-5H,8H2,1H3;1H. The molecule has 0 aromatic heterocycles. The van der Waals surface area contributed by atoms with Crippen LogP contribution in [0.15, 0.2) is 24.3 Å². The van der Waals surface area contributed by atoms with E-state index in [9.17, 15) is 10.1 Å². The quantitative estimate of drug-likeness (QED) is 0.507. The summed E-state index contributed by atoms with van der Waals surface area (Å²) in [6, 6.07) is 5.85. The van der Waals surface area contributed by atoms with Gasteiger partial charge in [-0.2, -0.15) is 5.17 Å². The third kappa shape index (κ3) is 2.95. The minimum absolute atomic E-state index is 0. The molecule has 0 aliphatic carbocycles. The maximum absolute atomic E-state index is 10.4. The predicted molar refractivity (Wildman–Crippen MR) is 57.1 cm³/mol. The number of non-ortho nitro benzene ring substituents is 1. The van der Waals surface area contributed by atoms with Crippen molar-refractivity contribution in [2.24, 2.45) is 5.84 Å². The number of hydrazine groups is 1. The molecule has 2 N–H and O–H groups in total. The van der Waals surface area contributed by atoms with E-state index in [2.05, 4.69) is 4.84 Å². The Kier molecular flexibility index (Phi) is 5.06. The van der Waals surface area contributed by atoms with Gasteiger partial charge in [0.15, 0.2) is 0 Å². The van der Waals surface area contributed by atoms with Crippen LogP contribution in [0.4, 0.5) is 11.4 Å². The summed E-state index contributed by atoms with van der Waals surface area (Å²) in [6.45, 7) is 0. The van der Waals surface area contributed by atoms with Crippen LogP contribution in [0.5, 0.6) is 0 Å². The van der Waals surface area contributed by atoms with Crippen molar-refractivity contribution in [3.63, 3.8) is 0 Å². The Hall–Kier alpha value is -1.18. The second-order valence-corrected chi connectivity index (χ2v) is 2.29. The van der Waals surface area contributed by atoms with Gasteiger partial charge in [0.05, 0.1) is 17.7 Å². The van der Waals surface area contributed by atoms with Crippen molar-refractivity contribution >= 4 is 28.4 Å². The van der Waals surface area contributed by atoms with E-state index in [1.54, 1.807) is 6.07 Å². The molecule has 0 fully saturated rings. The van der Waals surface area contributed by atoms with Crippen LogP contribution in [0.1, 0.15) is 0 Å². The van der Waals surface area contributed by atoms with Gasteiger partial charge in [0.25, 0.3) is 5.69 Å². The van der Waals surface area contributed by atoms with E-state index in [-0.39, 0.29) is 22.7 Å². The molecule has 0 spiro atoms. The Morgan fingerprint density at radius 1 is 1.57 bits per heavy atom. The monoisotopic (exact) mass is 263 g/mol. The lowest BCUT2D eigenvalue weighted by Gasteiger charge is -2.13. The lowest BCUT2D eigenvalue weighted by molar-refractivity contribution is -0.384. The van der Waals surface area contributed by atoms with E-state index in [1.807, 2.05) is 0 Å². The Morgan fingerprint density at radius 3 is 2.71 bits per heavy atom. The summed E-state index contributed by atoms with van der Waals surface area (Å²) in [4.78, 5) is 14.5. The number of nitrogens with two attached hydrogens (primary N) is 1. The van der Waals surface area contributed by atoms with Crippen LogP contribution < -0.4 is 11.0 Å². The number of hydrogen-bond acceptors (Lipinski definition) is 5. The molecule has 0 aliphatic rings. The van der Waals surface area contributed by atoms with E-state index in [0.29, 0.717) is 5.69 Å². The number of nitrogens with zero attached hydrogens (tertiary/aromatic N) is 2. The van der Waals surface area contributed by atoms with Gasteiger partial charge in [-0.05, 0) is 6.07 Å². The van der Waals surface area contributed by atoms with Crippen molar-refractivity contribution in [2.75, 3.05) is 12.3 Å². The third-order valence-corrected chi connectivity index (χ3v) is 1.49. The molecule has 0 unspecified atom stereocenters. The molecule has 6 nitrogen and oxygen atoms in total. The van der Waals surface area contributed by atoms with Gasteiger partial charge in [-0.1, -0.05) is 6.07 Å². The zero-order valence-corrected chi connectivity index (χ0v) is 9.13. The maximum atomic E-state index is 10.4. The van der Waals surface area contributed by atoms with Gasteiger partial charge in [-0.15, -0.1) is 17.0 Å². The molecule has 78 valence electrons. The zero-order chi connectivity index (χ0) is 9.84. The van der Waals surface area contributed by atoms with E-state index >= 15 is 0 Å². The topological polar surface area (TPSA) is 81.6 Å². The first-order valence-corrected chi connectivity index (χ1v) is 3.48. The number of rotatable bonds is 3. The second kappa shape index (κ2) is 5.53. The van der Waals surface area contributed by atoms with E-state index in [0.717, 1.165) is 5.17 Å². The van der Waals surface area contributed by atoms with Gasteiger partial charge in [0.1, 0.15) is 0 Å². The highest BCUT2D eigenvalue weighted by Gasteiger charge is 2.07. The molecule has 14 heavy (non-hydrogen) atoms. The van der Waals surface area contributed by atoms with Crippen LogP contribution in [-0.2, 0) is 4.84 Å². The molecule has 0 aliphatic heterocycles. The van der Waals surface area contributed by atoms with Gasteiger partial charge < -0.3 is 0 Å². The molecule has 7 heteroatoms. The maximum Gasteiger partial charge on any atom is 0.271 e. The summed E-state index contributed by atoms with van der Waals surface area (Å²) < 4.78 is 0. The molecule has 1 rings (SSSR count). The van der Waals surface area contributed by atoms with Crippen molar-refractivity contribution in [3.05, 3.63) is 34.4 Å². The fraction of sp³-hybridized carbons (Fsp3) is 0.143. The van der Waals surface area contributed by atoms with Crippen LogP contribution in [0.25, 0.3) is 0 Å². The molecule has 0 saturated carbocycles. The minimum atomic E-state index is -0.493. The minimum Gasteiger partial charge on any atom is -0.261 e. The number of benzene rings is 1. The van der Waals surface area contributed by atoms with Gasteiger partial charge in [-0.3, -0.25) is 15.0 Å². The molecular formula is C7H10BrN3O3. The molecule has 0 radical (unpaired) electrons. The normalized spacial score (nSPS) is 9.00. The first-order chi connectivity index (χ1) is 6.15. The summed E-state index contributed by atoms with van der Waals surface area (Å²) in [5.41, 5.74) is 0.404. The van der Waals surface area contributed by atoms with Crippen molar-refractivity contribution in [2.45, 2.75) is 0 Å². The number of nitro groups is 1. The molecule has 0 amide bonds. The van der Waals surface area contributed by atoms with Gasteiger partial charge in [0, 0.05) is 12.1 Å². The lowest BCUT2D eigenvalue weighted by Crippen LogP contribution is -2.29. The van der Waals surface area contributed by atoms with Crippen molar-refractivity contribution < 1.29 is 9.76 Å². The fourth-order valence-corrected chi connectivity index (χ4v) is 0.849. The molecular weight excluding hydrogens is 254 g/mol. The summed E-state index contributed by atoms with van der Waals surface area (Å²) in [6.07, 6.45) is 0. The molecule has 1 aromatic rings. The van der Waals surface area contributed by atoms with E-state index < -0.39 is 4.92 Å². The van der Waals surface area contributed by atoms with Gasteiger partial charge in [0.2, 0.25) is 0 Å². The fourth-order valence-electron chi connectivity index (χ4n) is 0.849. The predicted octanol–water partition coefficient (Wildman–Crippen LogP) is 1.41. The largest absolute Gasteiger partial charge is 0.271 e. The highest BCUT2D eigenvalue weighted by atomic mass is 79.9. The Bertz CT molecular complexity index is 321. The van der Waals surface area contributed by atoms with E-state index in [1.165, 1.54) is 25.3 Å². The Labute approximate surface area is 91.1 Å². The molecule has 0 saturated heterocycles. The molecule has 0 bridgehead atoms. The van der Waals surface area contributed by atoms with Crippen molar-refractivity contribution in [1.82, 2.24) is 0 Å². The lowest BCUT2D eigenvalue weighted by atomic mass is 10.3. The summed E-state index contributed by atoms with van der Waals surface area (Å²) in [5.74, 6) is 5.35. The number of hydrogen-bond donors (Lipinski definition) is 1. The summed E-state index contributed by atoms with van der Waals surface area (Å²) in [5, 5.41) is 11.3. The second-order valence-electron chi connectivity index (χ2n) is 2.29.